The predicted molar refractivity (Wildman–Crippen MR) is 72.4 cm³/mol. The van der Waals surface area contributed by atoms with Crippen molar-refractivity contribution in [2.45, 2.75) is 53.1 Å². The first-order valence-corrected chi connectivity index (χ1v) is 6.48. The maximum atomic E-state index is 4.21. The van der Waals surface area contributed by atoms with Crippen molar-refractivity contribution in [3.63, 3.8) is 0 Å². The Labute approximate surface area is 105 Å². The first kappa shape index (κ1) is 14.2. The van der Waals surface area contributed by atoms with Crippen molar-refractivity contribution in [3.05, 3.63) is 17.0 Å². The third-order valence-corrected chi connectivity index (χ3v) is 2.98. The van der Waals surface area contributed by atoms with Crippen molar-refractivity contribution < 1.29 is 0 Å². The van der Waals surface area contributed by atoms with E-state index in [-0.39, 0.29) is 0 Å². The summed E-state index contributed by atoms with van der Waals surface area (Å²) in [5.41, 5.74) is 3.66. The van der Waals surface area contributed by atoms with E-state index in [9.17, 15) is 0 Å². The van der Waals surface area contributed by atoms with E-state index in [4.69, 9.17) is 0 Å². The number of H-pyrrole nitrogens is 1. The van der Waals surface area contributed by atoms with Gasteiger partial charge in [-0.15, -0.1) is 0 Å². The summed E-state index contributed by atoms with van der Waals surface area (Å²) in [4.78, 5) is 0. The topological polar surface area (TPSA) is 52.7 Å². The molecule has 1 aromatic rings. The molecule has 0 fully saturated rings. The summed E-state index contributed by atoms with van der Waals surface area (Å²) >= 11 is 0. The Kier molecular flexibility index (Phi) is 5.65. The minimum absolute atomic E-state index is 0.505. The van der Waals surface area contributed by atoms with E-state index in [0.717, 1.165) is 25.2 Å². The summed E-state index contributed by atoms with van der Waals surface area (Å²) in [6.45, 7) is 12.7. The Morgan fingerprint density at radius 3 is 2.41 bits per heavy atom. The number of hydrogen-bond acceptors (Lipinski definition) is 3. The monoisotopic (exact) mass is 238 g/mol. The molecule has 0 saturated carbocycles. The smallest absolute Gasteiger partial charge is 0.0626 e. The molecule has 4 heteroatoms. The fraction of sp³-hybridized carbons (Fsp3) is 0.769. The Morgan fingerprint density at radius 1 is 1.18 bits per heavy atom. The molecule has 0 bridgehead atoms. The van der Waals surface area contributed by atoms with Crippen molar-refractivity contribution in [2.24, 2.45) is 0 Å². The zero-order valence-corrected chi connectivity index (χ0v) is 11.7. The maximum Gasteiger partial charge on any atom is 0.0626 e. The predicted octanol–water partition coefficient (Wildman–Crippen LogP) is 1.55. The largest absolute Gasteiger partial charge is 0.313 e. The normalized spacial score (nSPS) is 13.3. The molecule has 1 rings (SSSR count). The second-order valence-corrected chi connectivity index (χ2v) is 5.08. The van der Waals surface area contributed by atoms with Crippen LogP contribution in [0.5, 0.6) is 0 Å². The molecule has 0 radical (unpaired) electrons. The maximum absolute atomic E-state index is 4.21. The molecule has 1 unspecified atom stereocenters. The summed E-state index contributed by atoms with van der Waals surface area (Å²) < 4.78 is 0. The zero-order valence-electron chi connectivity index (χ0n) is 11.7. The van der Waals surface area contributed by atoms with E-state index < -0.39 is 0 Å². The molecule has 0 saturated heterocycles. The molecular formula is C13H26N4. The molecule has 0 amide bonds. The summed E-state index contributed by atoms with van der Waals surface area (Å²) in [6.07, 6.45) is 1.04. The lowest BCUT2D eigenvalue weighted by atomic mass is 10.1. The highest BCUT2D eigenvalue weighted by Crippen LogP contribution is 2.09. The number of aryl methyl sites for hydroxylation is 2. The first-order valence-electron chi connectivity index (χ1n) is 6.48. The molecule has 1 atom stereocenters. The van der Waals surface area contributed by atoms with Crippen LogP contribution < -0.4 is 10.6 Å². The van der Waals surface area contributed by atoms with Gasteiger partial charge in [0.25, 0.3) is 0 Å². The lowest BCUT2D eigenvalue weighted by Crippen LogP contribution is -2.39. The van der Waals surface area contributed by atoms with Crippen LogP contribution in [0.4, 0.5) is 0 Å². The fourth-order valence-electron chi connectivity index (χ4n) is 1.87. The Bertz CT molecular complexity index is 311. The van der Waals surface area contributed by atoms with E-state index in [1.165, 1.54) is 11.3 Å². The molecule has 3 N–H and O–H groups in total. The van der Waals surface area contributed by atoms with Gasteiger partial charge < -0.3 is 10.6 Å². The minimum atomic E-state index is 0.505. The fourth-order valence-corrected chi connectivity index (χ4v) is 1.87. The van der Waals surface area contributed by atoms with Crippen LogP contribution >= 0.6 is 0 Å². The van der Waals surface area contributed by atoms with Crippen LogP contribution in [-0.4, -0.2) is 35.4 Å². The van der Waals surface area contributed by atoms with Crippen LogP contribution in [-0.2, 0) is 6.42 Å². The third-order valence-electron chi connectivity index (χ3n) is 2.98. The molecule has 0 aliphatic carbocycles. The summed E-state index contributed by atoms with van der Waals surface area (Å²) in [5.74, 6) is 0. The highest BCUT2D eigenvalue weighted by atomic mass is 15.1. The lowest BCUT2D eigenvalue weighted by molar-refractivity contribution is 0.476. The quantitative estimate of drug-likeness (QED) is 0.675. The van der Waals surface area contributed by atoms with Crippen LogP contribution in [0.3, 0.4) is 0 Å². The van der Waals surface area contributed by atoms with Gasteiger partial charge in [-0.2, -0.15) is 5.10 Å². The van der Waals surface area contributed by atoms with E-state index in [1.54, 1.807) is 0 Å². The molecule has 98 valence electrons. The minimum Gasteiger partial charge on any atom is -0.313 e. The Hall–Kier alpha value is -0.870. The number of hydrogen-bond donors (Lipinski definition) is 3. The van der Waals surface area contributed by atoms with Crippen molar-refractivity contribution in [1.29, 1.82) is 0 Å². The standard InChI is InChI=1S/C13H26N4/c1-9(2)15-8-10(3)14-7-6-13-11(4)16-17-12(13)5/h9-10,14-15H,6-8H2,1-5H3,(H,16,17). The van der Waals surface area contributed by atoms with Crippen LogP contribution in [0.1, 0.15) is 37.7 Å². The van der Waals surface area contributed by atoms with Gasteiger partial charge in [-0.1, -0.05) is 13.8 Å². The van der Waals surface area contributed by atoms with Crippen LogP contribution in [0.2, 0.25) is 0 Å². The van der Waals surface area contributed by atoms with Gasteiger partial charge in [-0.05, 0) is 39.3 Å². The Balaban J connectivity index is 2.24. The first-order chi connectivity index (χ1) is 8.00. The average Bonchev–Trinajstić information content (AvgIpc) is 2.57. The van der Waals surface area contributed by atoms with Crippen molar-refractivity contribution in [3.8, 4) is 0 Å². The van der Waals surface area contributed by atoms with Crippen LogP contribution in [0.25, 0.3) is 0 Å². The molecule has 0 aromatic carbocycles. The van der Waals surface area contributed by atoms with Crippen molar-refractivity contribution >= 4 is 0 Å². The van der Waals surface area contributed by atoms with Crippen LogP contribution in [0, 0.1) is 13.8 Å². The second-order valence-electron chi connectivity index (χ2n) is 5.08. The SMILES string of the molecule is Cc1n[nH]c(C)c1CCNC(C)CNC(C)C. The lowest BCUT2D eigenvalue weighted by Gasteiger charge is -2.16. The van der Waals surface area contributed by atoms with Gasteiger partial charge in [0, 0.05) is 24.3 Å². The number of nitrogens with one attached hydrogen (secondary N) is 3. The van der Waals surface area contributed by atoms with E-state index >= 15 is 0 Å². The molecular weight excluding hydrogens is 212 g/mol. The van der Waals surface area contributed by atoms with Gasteiger partial charge in [0.1, 0.15) is 0 Å². The number of nitrogens with zero attached hydrogens (tertiary/aromatic N) is 1. The van der Waals surface area contributed by atoms with Gasteiger partial charge >= 0.3 is 0 Å². The molecule has 1 heterocycles. The third kappa shape index (κ3) is 4.88. The van der Waals surface area contributed by atoms with Gasteiger partial charge in [0.05, 0.1) is 5.69 Å². The van der Waals surface area contributed by atoms with E-state index in [0.29, 0.717) is 12.1 Å². The molecule has 0 aliphatic heterocycles. The van der Waals surface area contributed by atoms with E-state index in [2.05, 4.69) is 55.4 Å². The van der Waals surface area contributed by atoms with Gasteiger partial charge in [0.2, 0.25) is 0 Å². The molecule has 1 aromatic heterocycles. The Morgan fingerprint density at radius 2 is 1.88 bits per heavy atom. The molecule has 0 aliphatic rings. The second kappa shape index (κ2) is 6.77. The highest BCUT2D eigenvalue weighted by Gasteiger charge is 2.07. The molecule has 17 heavy (non-hydrogen) atoms. The summed E-state index contributed by atoms with van der Waals surface area (Å²) in [7, 11) is 0. The summed E-state index contributed by atoms with van der Waals surface area (Å²) in [6, 6.07) is 1.06. The van der Waals surface area contributed by atoms with Crippen LogP contribution in [0.15, 0.2) is 0 Å². The highest BCUT2D eigenvalue weighted by molar-refractivity contribution is 5.23. The summed E-state index contributed by atoms with van der Waals surface area (Å²) in [5, 5.41) is 14.2. The number of aromatic nitrogens is 2. The molecule has 0 spiro atoms. The van der Waals surface area contributed by atoms with Gasteiger partial charge in [-0.3, -0.25) is 5.10 Å². The molecule has 4 nitrogen and oxygen atoms in total. The van der Waals surface area contributed by atoms with Crippen molar-refractivity contribution in [1.82, 2.24) is 20.8 Å². The van der Waals surface area contributed by atoms with Gasteiger partial charge in [0.15, 0.2) is 0 Å². The number of rotatable bonds is 7. The van der Waals surface area contributed by atoms with Crippen molar-refractivity contribution in [2.75, 3.05) is 13.1 Å². The number of aromatic amines is 1. The van der Waals surface area contributed by atoms with Gasteiger partial charge in [-0.25, -0.2) is 0 Å². The van der Waals surface area contributed by atoms with E-state index in [1.807, 2.05) is 0 Å². The zero-order chi connectivity index (χ0) is 12.8. The average molecular weight is 238 g/mol.